The summed E-state index contributed by atoms with van der Waals surface area (Å²) in [5.74, 6) is 0.547. The van der Waals surface area contributed by atoms with Crippen molar-refractivity contribution >= 4 is 10.9 Å². The van der Waals surface area contributed by atoms with Crippen LogP contribution in [0.4, 0.5) is 0 Å². The summed E-state index contributed by atoms with van der Waals surface area (Å²) in [5, 5.41) is 10.2. The van der Waals surface area contributed by atoms with Crippen LogP contribution in [0.15, 0.2) is 24.4 Å². The number of nitrogens with one attached hydrogen (secondary N) is 1. The largest absolute Gasteiger partial charge is 0.396 e. The van der Waals surface area contributed by atoms with Crippen LogP contribution in [-0.2, 0) is 6.42 Å². The zero-order valence-corrected chi connectivity index (χ0v) is 9.25. The molecule has 1 aromatic heterocycles. The quantitative estimate of drug-likeness (QED) is 0.790. The lowest BCUT2D eigenvalue weighted by Crippen LogP contribution is -1.90. The minimum absolute atomic E-state index is 0.207. The SMILES string of the molecule is CC(C)c1ccc2[nH]cc(CCO)c2c1. The van der Waals surface area contributed by atoms with Gasteiger partial charge in [0.25, 0.3) is 0 Å². The van der Waals surface area contributed by atoms with Gasteiger partial charge < -0.3 is 10.1 Å². The molecule has 80 valence electrons. The highest BCUT2D eigenvalue weighted by atomic mass is 16.2. The van der Waals surface area contributed by atoms with Crippen LogP contribution in [-0.4, -0.2) is 16.7 Å². The molecule has 0 aliphatic carbocycles. The Morgan fingerprint density at radius 1 is 1.33 bits per heavy atom. The number of benzene rings is 1. The van der Waals surface area contributed by atoms with Gasteiger partial charge in [0.1, 0.15) is 0 Å². The molecule has 2 nitrogen and oxygen atoms in total. The lowest BCUT2D eigenvalue weighted by Gasteiger charge is -2.05. The van der Waals surface area contributed by atoms with Gasteiger partial charge in [-0.25, -0.2) is 0 Å². The number of aliphatic hydroxyl groups is 1. The van der Waals surface area contributed by atoms with Crippen LogP contribution in [0.2, 0.25) is 0 Å². The number of H-pyrrole nitrogens is 1. The second-order valence-electron chi connectivity index (χ2n) is 4.25. The second kappa shape index (κ2) is 4.07. The molecule has 2 rings (SSSR count). The van der Waals surface area contributed by atoms with E-state index in [0.29, 0.717) is 5.92 Å². The van der Waals surface area contributed by atoms with Crippen molar-refractivity contribution < 1.29 is 5.11 Å². The predicted molar refractivity (Wildman–Crippen MR) is 63.2 cm³/mol. The molecule has 0 bridgehead atoms. The maximum Gasteiger partial charge on any atom is 0.0472 e. The summed E-state index contributed by atoms with van der Waals surface area (Å²) in [6.07, 6.45) is 2.71. The summed E-state index contributed by atoms with van der Waals surface area (Å²) in [7, 11) is 0. The third-order valence-corrected chi connectivity index (χ3v) is 2.84. The normalized spacial score (nSPS) is 11.5. The average molecular weight is 203 g/mol. The van der Waals surface area contributed by atoms with Crippen LogP contribution >= 0.6 is 0 Å². The van der Waals surface area contributed by atoms with Crippen molar-refractivity contribution in [2.45, 2.75) is 26.2 Å². The van der Waals surface area contributed by atoms with Crippen LogP contribution in [0.5, 0.6) is 0 Å². The van der Waals surface area contributed by atoms with Gasteiger partial charge in [-0.15, -0.1) is 0 Å². The number of hydrogen-bond acceptors (Lipinski definition) is 1. The molecule has 0 saturated carbocycles. The zero-order chi connectivity index (χ0) is 10.8. The number of rotatable bonds is 3. The molecule has 0 saturated heterocycles. The highest BCUT2D eigenvalue weighted by Gasteiger charge is 2.05. The highest BCUT2D eigenvalue weighted by molar-refractivity contribution is 5.84. The van der Waals surface area contributed by atoms with E-state index in [0.717, 1.165) is 11.9 Å². The fourth-order valence-electron chi connectivity index (χ4n) is 1.88. The fourth-order valence-corrected chi connectivity index (χ4v) is 1.88. The lowest BCUT2D eigenvalue weighted by atomic mass is 10.00. The average Bonchev–Trinajstić information content (AvgIpc) is 2.61. The van der Waals surface area contributed by atoms with Crippen molar-refractivity contribution in [2.75, 3.05) is 6.61 Å². The molecule has 0 aliphatic heterocycles. The van der Waals surface area contributed by atoms with Gasteiger partial charge in [-0.2, -0.15) is 0 Å². The van der Waals surface area contributed by atoms with E-state index in [1.165, 1.54) is 16.5 Å². The van der Waals surface area contributed by atoms with Crippen molar-refractivity contribution in [3.63, 3.8) is 0 Å². The fraction of sp³-hybridized carbons (Fsp3) is 0.385. The Balaban J connectivity index is 2.51. The first-order valence-electron chi connectivity index (χ1n) is 5.43. The van der Waals surface area contributed by atoms with Gasteiger partial charge >= 0.3 is 0 Å². The van der Waals surface area contributed by atoms with Crippen LogP contribution < -0.4 is 0 Å². The van der Waals surface area contributed by atoms with Gasteiger partial charge in [0.15, 0.2) is 0 Å². The summed E-state index contributed by atoms with van der Waals surface area (Å²) in [6, 6.07) is 6.50. The molecule has 0 unspecified atom stereocenters. The van der Waals surface area contributed by atoms with Crippen LogP contribution in [0, 0.1) is 0 Å². The molecular weight excluding hydrogens is 186 g/mol. The van der Waals surface area contributed by atoms with Gasteiger partial charge in [-0.05, 0) is 35.6 Å². The van der Waals surface area contributed by atoms with Crippen molar-refractivity contribution in [2.24, 2.45) is 0 Å². The molecule has 2 N–H and O–H groups in total. The zero-order valence-electron chi connectivity index (χ0n) is 9.25. The molecule has 1 aromatic carbocycles. The minimum atomic E-state index is 0.207. The van der Waals surface area contributed by atoms with Crippen molar-refractivity contribution in [1.82, 2.24) is 4.98 Å². The van der Waals surface area contributed by atoms with Crippen molar-refractivity contribution in [3.8, 4) is 0 Å². The third kappa shape index (κ3) is 1.90. The van der Waals surface area contributed by atoms with E-state index >= 15 is 0 Å². The van der Waals surface area contributed by atoms with E-state index in [2.05, 4.69) is 37.0 Å². The summed E-state index contributed by atoms with van der Waals surface area (Å²) in [5.41, 5.74) is 3.71. The van der Waals surface area contributed by atoms with E-state index in [4.69, 9.17) is 5.11 Å². The Morgan fingerprint density at radius 2 is 2.13 bits per heavy atom. The molecule has 2 aromatic rings. The maximum atomic E-state index is 8.96. The first-order chi connectivity index (χ1) is 7.22. The number of aromatic nitrogens is 1. The van der Waals surface area contributed by atoms with Crippen LogP contribution in [0.25, 0.3) is 10.9 Å². The topological polar surface area (TPSA) is 36.0 Å². The standard InChI is InChI=1S/C13H17NO/c1-9(2)10-3-4-13-12(7-10)11(5-6-15)8-14-13/h3-4,7-9,14-15H,5-6H2,1-2H3. The number of aromatic amines is 1. The van der Waals surface area contributed by atoms with Gasteiger partial charge in [0.05, 0.1) is 0 Å². The second-order valence-corrected chi connectivity index (χ2v) is 4.25. The summed E-state index contributed by atoms with van der Waals surface area (Å²) in [4.78, 5) is 3.23. The van der Waals surface area contributed by atoms with E-state index in [1.807, 2.05) is 6.20 Å². The molecular formula is C13H17NO. The number of fused-ring (bicyclic) bond motifs is 1. The van der Waals surface area contributed by atoms with Crippen molar-refractivity contribution in [3.05, 3.63) is 35.5 Å². The maximum absolute atomic E-state index is 8.96. The molecule has 1 heterocycles. The third-order valence-electron chi connectivity index (χ3n) is 2.84. The molecule has 2 heteroatoms. The molecule has 15 heavy (non-hydrogen) atoms. The molecule has 0 aliphatic rings. The number of hydrogen-bond donors (Lipinski definition) is 2. The smallest absolute Gasteiger partial charge is 0.0472 e. The minimum Gasteiger partial charge on any atom is -0.396 e. The Hall–Kier alpha value is -1.28. The molecule has 0 amide bonds. The first-order valence-corrected chi connectivity index (χ1v) is 5.43. The van der Waals surface area contributed by atoms with Gasteiger partial charge in [0.2, 0.25) is 0 Å². The van der Waals surface area contributed by atoms with Gasteiger partial charge in [0, 0.05) is 23.7 Å². The Morgan fingerprint density at radius 3 is 2.80 bits per heavy atom. The highest BCUT2D eigenvalue weighted by Crippen LogP contribution is 2.23. The predicted octanol–water partition coefficient (Wildman–Crippen LogP) is 2.83. The Bertz CT molecular complexity index is 457. The van der Waals surface area contributed by atoms with E-state index in [9.17, 15) is 0 Å². The summed E-state index contributed by atoms with van der Waals surface area (Å²) < 4.78 is 0. The first kappa shape index (κ1) is 10.2. The van der Waals surface area contributed by atoms with Gasteiger partial charge in [-0.3, -0.25) is 0 Å². The number of aliphatic hydroxyl groups excluding tert-OH is 1. The Kier molecular flexibility index (Phi) is 2.78. The van der Waals surface area contributed by atoms with E-state index < -0.39 is 0 Å². The molecule has 0 atom stereocenters. The lowest BCUT2D eigenvalue weighted by molar-refractivity contribution is 0.300. The molecule has 0 spiro atoms. The van der Waals surface area contributed by atoms with E-state index in [-0.39, 0.29) is 6.61 Å². The molecule has 0 radical (unpaired) electrons. The molecule has 0 fully saturated rings. The Labute approximate surface area is 89.9 Å². The van der Waals surface area contributed by atoms with Crippen LogP contribution in [0.1, 0.15) is 30.9 Å². The van der Waals surface area contributed by atoms with Gasteiger partial charge in [-0.1, -0.05) is 19.9 Å². The van der Waals surface area contributed by atoms with E-state index in [1.54, 1.807) is 0 Å². The van der Waals surface area contributed by atoms with Crippen LogP contribution in [0.3, 0.4) is 0 Å². The summed E-state index contributed by atoms with van der Waals surface area (Å²) in [6.45, 7) is 4.60. The van der Waals surface area contributed by atoms with Crippen molar-refractivity contribution in [1.29, 1.82) is 0 Å². The summed E-state index contributed by atoms with van der Waals surface area (Å²) >= 11 is 0. The monoisotopic (exact) mass is 203 g/mol.